The van der Waals surface area contributed by atoms with Crippen LogP contribution < -0.4 is 10.1 Å². The summed E-state index contributed by atoms with van der Waals surface area (Å²) in [4.78, 5) is 24.8. The Labute approximate surface area is 191 Å². The molecule has 1 amide bonds. The van der Waals surface area contributed by atoms with E-state index in [2.05, 4.69) is 19.2 Å². The molecule has 1 aliphatic carbocycles. The van der Waals surface area contributed by atoms with Crippen molar-refractivity contribution >= 4 is 24.9 Å². The number of thiol groups is 1. The summed E-state index contributed by atoms with van der Waals surface area (Å²) in [6, 6.07) is 5.42. The van der Waals surface area contributed by atoms with Gasteiger partial charge in [-0.25, -0.2) is 9.59 Å². The zero-order valence-electron chi connectivity index (χ0n) is 20.0. The molecule has 0 saturated heterocycles. The van der Waals surface area contributed by atoms with E-state index in [4.69, 9.17) is 26.8 Å². The lowest BCUT2D eigenvalue weighted by molar-refractivity contribution is 0.0205. The number of hydrogen-bond donors (Lipinski definition) is 2. The predicted octanol–water partition coefficient (Wildman–Crippen LogP) is 5.81. The molecule has 6 nitrogen and oxygen atoms in total. The molecule has 1 aliphatic rings. The quantitative estimate of drug-likeness (QED) is 0.343. The molecule has 1 aromatic rings. The van der Waals surface area contributed by atoms with E-state index in [0.717, 1.165) is 24.0 Å². The first-order valence-electron chi connectivity index (χ1n) is 10.9. The van der Waals surface area contributed by atoms with Gasteiger partial charge in [0.15, 0.2) is 0 Å². The Balaban J connectivity index is 2.38. The first kappa shape index (κ1) is 25.4. The minimum atomic E-state index is -0.739. The van der Waals surface area contributed by atoms with E-state index >= 15 is 0 Å². The Kier molecular flexibility index (Phi) is 7.62. The fraction of sp³-hybridized carbons (Fsp3) is 0.667. The number of carbonyl (C=O) groups is 2. The molecule has 2 rings (SSSR count). The molecule has 0 fully saturated rings. The molecule has 0 aromatic heterocycles. The maximum atomic E-state index is 12.6. The molecule has 31 heavy (non-hydrogen) atoms. The second-order valence-corrected chi connectivity index (χ2v) is 10.8. The van der Waals surface area contributed by atoms with E-state index in [1.54, 1.807) is 26.8 Å². The van der Waals surface area contributed by atoms with Crippen LogP contribution in [0.4, 0.5) is 9.59 Å². The largest absolute Gasteiger partial charge is 0.514 e. The number of ether oxygens (including phenoxy) is 3. The molecular weight excluding hydrogens is 414 g/mol. The number of hydrogen-bond acceptors (Lipinski definition) is 6. The normalized spacial score (nSPS) is 20.4. The van der Waals surface area contributed by atoms with Crippen molar-refractivity contribution in [2.24, 2.45) is 0 Å². The number of carbonyl (C=O) groups excluding carboxylic acids is 2. The summed E-state index contributed by atoms with van der Waals surface area (Å²) < 4.78 is 16.2. The van der Waals surface area contributed by atoms with Gasteiger partial charge < -0.3 is 19.5 Å². The van der Waals surface area contributed by atoms with Crippen molar-refractivity contribution in [1.82, 2.24) is 5.32 Å². The second kappa shape index (κ2) is 9.31. The predicted molar refractivity (Wildman–Crippen MR) is 125 cm³/mol. The van der Waals surface area contributed by atoms with Crippen LogP contribution in [0.2, 0.25) is 0 Å². The van der Waals surface area contributed by atoms with Crippen LogP contribution in [0.25, 0.3) is 0 Å². The van der Waals surface area contributed by atoms with Gasteiger partial charge in [0.05, 0.1) is 6.04 Å². The van der Waals surface area contributed by atoms with Crippen LogP contribution in [0.3, 0.4) is 0 Å². The number of benzene rings is 1. The Morgan fingerprint density at radius 3 is 2.16 bits per heavy atom. The number of amides is 1. The van der Waals surface area contributed by atoms with Crippen LogP contribution >= 0.6 is 12.6 Å². The van der Waals surface area contributed by atoms with Gasteiger partial charge >= 0.3 is 12.2 Å². The van der Waals surface area contributed by atoms with Gasteiger partial charge in [0.2, 0.25) is 0 Å². The zero-order valence-corrected chi connectivity index (χ0v) is 20.9. The van der Waals surface area contributed by atoms with E-state index in [-0.39, 0.29) is 16.7 Å². The molecule has 0 heterocycles. The van der Waals surface area contributed by atoms with Crippen molar-refractivity contribution in [3.05, 3.63) is 29.3 Å². The lowest BCUT2D eigenvalue weighted by Crippen LogP contribution is -2.58. The molecule has 0 bridgehead atoms. The number of alkyl carbamates (subject to hydrolysis) is 1. The highest BCUT2D eigenvalue weighted by atomic mass is 32.1. The monoisotopic (exact) mass is 451 g/mol. The van der Waals surface area contributed by atoms with Gasteiger partial charge in [0.25, 0.3) is 0 Å². The minimum absolute atomic E-state index is 0.0717. The summed E-state index contributed by atoms with van der Waals surface area (Å²) in [7, 11) is 0. The van der Waals surface area contributed by atoms with Gasteiger partial charge in [-0.1, -0.05) is 19.9 Å². The summed E-state index contributed by atoms with van der Waals surface area (Å²) in [5.74, 6) is 0.424. The van der Waals surface area contributed by atoms with Gasteiger partial charge in [-0.2, -0.15) is 12.6 Å². The maximum absolute atomic E-state index is 12.6. The fourth-order valence-corrected chi connectivity index (χ4v) is 4.80. The van der Waals surface area contributed by atoms with Gasteiger partial charge in [0, 0.05) is 10.7 Å². The average Bonchev–Trinajstić information content (AvgIpc) is 2.60. The standard InChI is InChI=1S/C24H37NO5S/c1-9-24(10-2)17-14-16(28-21(27)30-23(6,7)8)12-11-15(17)13-18(31)19(24)25-20(26)29-22(3,4)5/h11-12,14,18-19,31H,9-10,13H2,1-8H3,(H,25,26). The van der Waals surface area contributed by atoms with Gasteiger partial charge in [0.1, 0.15) is 17.0 Å². The molecule has 0 saturated carbocycles. The average molecular weight is 452 g/mol. The first-order valence-corrected chi connectivity index (χ1v) is 11.4. The van der Waals surface area contributed by atoms with Crippen LogP contribution in [0.5, 0.6) is 5.75 Å². The number of nitrogens with one attached hydrogen (secondary N) is 1. The van der Waals surface area contributed by atoms with E-state index in [1.165, 1.54) is 0 Å². The molecule has 0 aliphatic heterocycles. The summed E-state index contributed by atoms with van der Waals surface area (Å²) in [6.07, 6.45) is 1.06. The third kappa shape index (κ3) is 6.31. The highest BCUT2D eigenvalue weighted by Crippen LogP contribution is 2.45. The van der Waals surface area contributed by atoms with Gasteiger partial charge in [-0.3, -0.25) is 0 Å². The van der Waals surface area contributed by atoms with Crippen LogP contribution in [-0.4, -0.2) is 34.7 Å². The van der Waals surface area contributed by atoms with Crippen LogP contribution in [0, 0.1) is 0 Å². The molecular formula is C24H37NO5S. The van der Waals surface area contributed by atoms with E-state index in [9.17, 15) is 9.59 Å². The lowest BCUT2D eigenvalue weighted by Gasteiger charge is -2.48. The summed E-state index contributed by atoms with van der Waals surface area (Å²) in [5, 5.41) is 3.01. The third-order valence-electron chi connectivity index (χ3n) is 5.55. The Bertz CT molecular complexity index is 805. The fourth-order valence-electron chi connectivity index (χ4n) is 4.25. The van der Waals surface area contributed by atoms with Crippen molar-refractivity contribution in [3.63, 3.8) is 0 Å². The van der Waals surface area contributed by atoms with Gasteiger partial charge in [-0.15, -0.1) is 0 Å². The minimum Gasteiger partial charge on any atom is -0.444 e. The number of rotatable bonds is 4. The zero-order chi connectivity index (χ0) is 23.6. The van der Waals surface area contributed by atoms with Crippen molar-refractivity contribution < 1.29 is 23.8 Å². The maximum Gasteiger partial charge on any atom is 0.514 e. The molecule has 7 heteroatoms. The van der Waals surface area contributed by atoms with Gasteiger partial charge in [-0.05, 0) is 84.1 Å². The molecule has 0 radical (unpaired) electrons. The number of fused-ring (bicyclic) bond motifs is 1. The molecule has 2 unspecified atom stereocenters. The lowest BCUT2D eigenvalue weighted by atomic mass is 9.63. The summed E-state index contributed by atoms with van der Waals surface area (Å²) >= 11 is 4.84. The summed E-state index contributed by atoms with van der Waals surface area (Å²) in [6.45, 7) is 15.1. The van der Waals surface area contributed by atoms with E-state index in [0.29, 0.717) is 12.2 Å². The second-order valence-electron chi connectivity index (χ2n) is 10.1. The smallest absolute Gasteiger partial charge is 0.444 e. The Morgan fingerprint density at radius 2 is 1.65 bits per heavy atom. The van der Waals surface area contributed by atoms with Crippen molar-refractivity contribution in [2.45, 2.75) is 103 Å². The van der Waals surface area contributed by atoms with Crippen LogP contribution in [-0.2, 0) is 21.3 Å². The molecule has 2 atom stereocenters. The van der Waals surface area contributed by atoms with E-state index < -0.39 is 23.5 Å². The third-order valence-corrected chi connectivity index (χ3v) is 6.03. The Hall–Kier alpha value is -1.89. The van der Waals surface area contributed by atoms with Crippen molar-refractivity contribution in [1.29, 1.82) is 0 Å². The summed E-state index contributed by atoms with van der Waals surface area (Å²) in [5.41, 5.74) is 0.610. The first-order chi connectivity index (χ1) is 14.2. The molecule has 1 aromatic carbocycles. The van der Waals surface area contributed by atoms with E-state index in [1.807, 2.05) is 32.9 Å². The van der Waals surface area contributed by atoms with Crippen LogP contribution in [0.1, 0.15) is 79.4 Å². The topological polar surface area (TPSA) is 73.9 Å². The molecule has 0 spiro atoms. The van der Waals surface area contributed by atoms with Crippen molar-refractivity contribution in [2.75, 3.05) is 0 Å². The molecule has 1 N–H and O–H groups in total. The Morgan fingerprint density at radius 1 is 1.06 bits per heavy atom. The highest BCUT2D eigenvalue weighted by Gasteiger charge is 2.47. The molecule has 174 valence electrons. The highest BCUT2D eigenvalue weighted by molar-refractivity contribution is 7.81. The van der Waals surface area contributed by atoms with Crippen molar-refractivity contribution in [3.8, 4) is 5.75 Å². The SMILES string of the molecule is CCC1(CC)c2cc(OC(=O)OC(C)(C)C)ccc2CC(S)C1NC(=O)OC(C)(C)C. The van der Waals surface area contributed by atoms with Crippen LogP contribution in [0.15, 0.2) is 18.2 Å².